The first-order valence-corrected chi connectivity index (χ1v) is 7.16. The molecular weight excluding hydrogens is 260 g/mol. The number of carbonyl (C=O) groups is 3. The molecule has 1 atom stereocenters. The lowest BCUT2D eigenvalue weighted by molar-refractivity contribution is -0.147. The average molecular weight is 282 g/mol. The van der Waals surface area contributed by atoms with Crippen molar-refractivity contribution in [1.29, 1.82) is 0 Å². The number of hydrogen-bond donors (Lipinski definition) is 0. The van der Waals surface area contributed by atoms with Gasteiger partial charge in [0.05, 0.1) is 0 Å². The fraction of sp³-hybridized carbons (Fsp3) is 0.667. The van der Waals surface area contributed by atoms with Crippen molar-refractivity contribution >= 4 is 18.2 Å². The topological polar surface area (TPSA) is 69.7 Å². The van der Waals surface area contributed by atoms with Gasteiger partial charge in [0, 0.05) is 12.2 Å². The van der Waals surface area contributed by atoms with E-state index in [9.17, 15) is 14.4 Å². The highest BCUT2D eigenvalue weighted by Crippen LogP contribution is 2.19. The highest BCUT2D eigenvalue weighted by Gasteiger charge is 2.15. The Morgan fingerprint density at radius 2 is 1.55 bits per heavy atom. The van der Waals surface area contributed by atoms with E-state index in [2.05, 4.69) is 4.74 Å². The molecule has 0 saturated heterocycles. The SMILES string of the molecule is CC(C=O)OC(=O)/C=C/C(=O)OC1CCCCCCC1. The van der Waals surface area contributed by atoms with E-state index in [4.69, 9.17) is 4.74 Å². The van der Waals surface area contributed by atoms with Gasteiger partial charge in [-0.3, -0.25) is 4.79 Å². The van der Waals surface area contributed by atoms with Crippen LogP contribution in [-0.4, -0.2) is 30.4 Å². The van der Waals surface area contributed by atoms with Crippen LogP contribution in [0.2, 0.25) is 0 Å². The van der Waals surface area contributed by atoms with Crippen LogP contribution in [0.25, 0.3) is 0 Å². The van der Waals surface area contributed by atoms with Crippen LogP contribution in [0.1, 0.15) is 51.9 Å². The Morgan fingerprint density at radius 1 is 1.00 bits per heavy atom. The van der Waals surface area contributed by atoms with Gasteiger partial charge >= 0.3 is 11.9 Å². The van der Waals surface area contributed by atoms with Gasteiger partial charge in [0.25, 0.3) is 0 Å². The lowest BCUT2D eigenvalue weighted by atomic mass is 9.99. The highest BCUT2D eigenvalue weighted by atomic mass is 16.5. The number of rotatable bonds is 5. The summed E-state index contributed by atoms with van der Waals surface area (Å²) in [5, 5.41) is 0. The van der Waals surface area contributed by atoms with Crippen molar-refractivity contribution in [3.8, 4) is 0 Å². The Morgan fingerprint density at radius 3 is 2.15 bits per heavy atom. The van der Waals surface area contributed by atoms with Crippen LogP contribution in [0.15, 0.2) is 12.2 Å². The van der Waals surface area contributed by atoms with Gasteiger partial charge in [0.2, 0.25) is 0 Å². The predicted molar refractivity (Wildman–Crippen MR) is 73.0 cm³/mol. The standard InChI is InChI=1S/C15H22O5/c1-12(11-16)19-14(17)9-10-15(18)20-13-7-5-3-2-4-6-8-13/h9-13H,2-8H2,1H3/b10-9+. The fourth-order valence-corrected chi connectivity index (χ4v) is 2.13. The Bertz CT molecular complexity index is 353. The molecule has 112 valence electrons. The van der Waals surface area contributed by atoms with Gasteiger partial charge in [-0.15, -0.1) is 0 Å². The van der Waals surface area contributed by atoms with E-state index in [0.717, 1.165) is 37.8 Å². The highest BCUT2D eigenvalue weighted by molar-refractivity contribution is 5.92. The predicted octanol–water partition coefficient (Wildman–Crippen LogP) is 2.33. The molecule has 0 aromatic heterocycles. The Kier molecular flexibility index (Phi) is 7.62. The van der Waals surface area contributed by atoms with E-state index in [0.29, 0.717) is 6.29 Å². The van der Waals surface area contributed by atoms with Gasteiger partial charge in [-0.2, -0.15) is 0 Å². The first-order chi connectivity index (χ1) is 9.61. The van der Waals surface area contributed by atoms with Crippen LogP contribution < -0.4 is 0 Å². The van der Waals surface area contributed by atoms with E-state index in [1.165, 1.54) is 26.2 Å². The zero-order valence-corrected chi connectivity index (χ0v) is 11.9. The average Bonchev–Trinajstić information content (AvgIpc) is 2.39. The maximum Gasteiger partial charge on any atom is 0.331 e. The third kappa shape index (κ3) is 7.07. The summed E-state index contributed by atoms with van der Waals surface area (Å²) in [6.45, 7) is 1.45. The van der Waals surface area contributed by atoms with Crippen molar-refractivity contribution in [2.75, 3.05) is 0 Å². The van der Waals surface area contributed by atoms with E-state index in [1.807, 2.05) is 0 Å². The summed E-state index contributed by atoms with van der Waals surface area (Å²) in [5.41, 5.74) is 0. The molecule has 1 rings (SSSR count). The minimum absolute atomic E-state index is 0.0580. The number of ether oxygens (including phenoxy) is 2. The molecule has 0 radical (unpaired) electrons. The second kappa shape index (κ2) is 9.28. The van der Waals surface area contributed by atoms with Crippen LogP contribution >= 0.6 is 0 Å². The van der Waals surface area contributed by atoms with Crippen molar-refractivity contribution in [2.24, 2.45) is 0 Å². The Hall–Kier alpha value is -1.65. The first-order valence-electron chi connectivity index (χ1n) is 7.16. The van der Waals surface area contributed by atoms with Gasteiger partial charge in [-0.05, 0) is 32.6 Å². The van der Waals surface area contributed by atoms with E-state index in [-0.39, 0.29) is 6.10 Å². The normalized spacial score (nSPS) is 18.9. The zero-order valence-electron chi connectivity index (χ0n) is 11.9. The van der Waals surface area contributed by atoms with Crippen LogP contribution in [0.4, 0.5) is 0 Å². The Balaban J connectivity index is 2.33. The third-order valence-electron chi connectivity index (χ3n) is 3.18. The minimum Gasteiger partial charge on any atom is -0.459 e. The Labute approximate surface area is 119 Å². The van der Waals surface area contributed by atoms with Gasteiger partial charge in [0.1, 0.15) is 6.10 Å². The van der Waals surface area contributed by atoms with Crippen molar-refractivity contribution in [3.05, 3.63) is 12.2 Å². The number of hydrogen-bond acceptors (Lipinski definition) is 5. The van der Waals surface area contributed by atoms with E-state index in [1.54, 1.807) is 0 Å². The van der Waals surface area contributed by atoms with E-state index >= 15 is 0 Å². The molecular formula is C15H22O5. The summed E-state index contributed by atoms with van der Waals surface area (Å²) in [4.78, 5) is 33.1. The summed E-state index contributed by atoms with van der Waals surface area (Å²) in [7, 11) is 0. The lowest BCUT2D eigenvalue weighted by Gasteiger charge is -2.19. The fourth-order valence-electron chi connectivity index (χ4n) is 2.13. The molecule has 0 N–H and O–H groups in total. The summed E-state index contributed by atoms with van der Waals surface area (Å²) in [6, 6.07) is 0. The van der Waals surface area contributed by atoms with Crippen LogP contribution in [0, 0.1) is 0 Å². The molecule has 20 heavy (non-hydrogen) atoms. The molecule has 1 aliphatic rings. The van der Waals surface area contributed by atoms with Gasteiger partial charge in [-0.25, -0.2) is 9.59 Å². The molecule has 0 aromatic rings. The minimum atomic E-state index is -0.811. The lowest BCUT2D eigenvalue weighted by Crippen LogP contribution is -2.18. The number of esters is 2. The van der Waals surface area contributed by atoms with Crippen LogP contribution in [0.3, 0.4) is 0 Å². The second-order valence-corrected chi connectivity index (χ2v) is 5.02. The molecule has 1 aliphatic carbocycles. The molecule has 5 nitrogen and oxygen atoms in total. The summed E-state index contributed by atoms with van der Waals surface area (Å²) in [5.74, 6) is -1.26. The maximum atomic E-state index is 11.6. The largest absolute Gasteiger partial charge is 0.459 e. The third-order valence-corrected chi connectivity index (χ3v) is 3.18. The van der Waals surface area contributed by atoms with Gasteiger partial charge < -0.3 is 9.47 Å². The molecule has 0 aromatic carbocycles. The quantitative estimate of drug-likeness (QED) is 0.440. The molecule has 1 fully saturated rings. The molecule has 0 aliphatic heterocycles. The van der Waals surface area contributed by atoms with Gasteiger partial charge in [-0.1, -0.05) is 19.3 Å². The van der Waals surface area contributed by atoms with Crippen LogP contribution in [-0.2, 0) is 23.9 Å². The molecule has 0 heterocycles. The molecule has 0 amide bonds. The van der Waals surface area contributed by atoms with Crippen molar-refractivity contribution in [1.82, 2.24) is 0 Å². The summed E-state index contributed by atoms with van der Waals surface area (Å²) in [6.07, 6.45) is 9.20. The monoisotopic (exact) mass is 282 g/mol. The molecule has 5 heteroatoms. The van der Waals surface area contributed by atoms with Gasteiger partial charge in [0.15, 0.2) is 12.4 Å². The van der Waals surface area contributed by atoms with Crippen molar-refractivity contribution in [3.63, 3.8) is 0 Å². The number of aldehydes is 1. The molecule has 1 saturated carbocycles. The van der Waals surface area contributed by atoms with Crippen LogP contribution in [0.5, 0.6) is 0 Å². The molecule has 1 unspecified atom stereocenters. The van der Waals surface area contributed by atoms with E-state index < -0.39 is 18.0 Å². The zero-order chi connectivity index (χ0) is 14.8. The summed E-state index contributed by atoms with van der Waals surface area (Å²) >= 11 is 0. The number of carbonyl (C=O) groups excluding carboxylic acids is 3. The maximum absolute atomic E-state index is 11.6. The summed E-state index contributed by atoms with van der Waals surface area (Å²) < 4.78 is 9.98. The smallest absolute Gasteiger partial charge is 0.331 e. The molecule has 0 spiro atoms. The van der Waals surface area contributed by atoms with Crippen molar-refractivity contribution in [2.45, 2.75) is 64.1 Å². The molecule has 0 bridgehead atoms. The second-order valence-electron chi connectivity index (χ2n) is 5.02. The van der Waals surface area contributed by atoms with Crippen molar-refractivity contribution < 1.29 is 23.9 Å². The first kappa shape index (κ1) is 16.4.